The van der Waals surface area contributed by atoms with Crippen LogP contribution in [0.1, 0.15) is 31.7 Å². The van der Waals surface area contributed by atoms with Crippen LogP contribution in [0.5, 0.6) is 0 Å². The van der Waals surface area contributed by atoms with Gasteiger partial charge >= 0.3 is 0 Å². The van der Waals surface area contributed by atoms with E-state index in [9.17, 15) is 4.79 Å². The van der Waals surface area contributed by atoms with Gasteiger partial charge in [-0.15, -0.1) is 12.4 Å². The Balaban J connectivity index is 0.00000161. The van der Waals surface area contributed by atoms with Crippen LogP contribution in [0.2, 0.25) is 0 Å². The van der Waals surface area contributed by atoms with Gasteiger partial charge in [0.25, 0.3) is 0 Å². The molecule has 5 heteroatoms. The van der Waals surface area contributed by atoms with Crippen LogP contribution in [0.15, 0.2) is 28.7 Å². The van der Waals surface area contributed by atoms with Gasteiger partial charge in [-0.05, 0) is 56.0 Å². The molecule has 2 unspecified atom stereocenters. The molecule has 2 atom stereocenters. The van der Waals surface area contributed by atoms with Crippen LogP contribution in [-0.4, -0.2) is 25.0 Å². The number of carbonyl (C=O) groups is 1. The Morgan fingerprint density at radius 2 is 2.00 bits per heavy atom. The van der Waals surface area contributed by atoms with Gasteiger partial charge in [0.05, 0.1) is 5.41 Å². The summed E-state index contributed by atoms with van der Waals surface area (Å²) in [5.41, 5.74) is 0.894. The van der Waals surface area contributed by atoms with Crippen LogP contribution in [-0.2, 0) is 10.2 Å². The van der Waals surface area contributed by atoms with Crippen molar-refractivity contribution in [3.63, 3.8) is 0 Å². The zero-order valence-electron chi connectivity index (χ0n) is 12.2. The molecule has 0 bridgehead atoms. The van der Waals surface area contributed by atoms with Gasteiger partial charge in [0.1, 0.15) is 0 Å². The van der Waals surface area contributed by atoms with E-state index in [1.54, 1.807) is 0 Å². The van der Waals surface area contributed by atoms with Crippen LogP contribution < -0.4 is 10.6 Å². The Hall–Kier alpha value is -0.580. The third-order valence-electron chi connectivity index (χ3n) is 4.68. The molecule has 1 aromatic rings. The van der Waals surface area contributed by atoms with E-state index in [0.717, 1.165) is 42.4 Å². The van der Waals surface area contributed by atoms with Gasteiger partial charge in [-0.2, -0.15) is 0 Å². The Kier molecular flexibility index (Phi) is 5.33. The minimum absolute atomic E-state index is 0. The average Bonchev–Trinajstić information content (AvgIpc) is 3.24. The van der Waals surface area contributed by atoms with E-state index < -0.39 is 0 Å². The molecule has 1 aliphatic carbocycles. The first-order valence-electron chi connectivity index (χ1n) is 7.39. The van der Waals surface area contributed by atoms with Crippen molar-refractivity contribution in [2.75, 3.05) is 13.1 Å². The fourth-order valence-corrected chi connectivity index (χ4v) is 3.34. The third-order valence-corrected chi connectivity index (χ3v) is 5.21. The molecule has 0 aromatic heterocycles. The summed E-state index contributed by atoms with van der Waals surface area (Å²) in [6.45, 7) is 4.20. The first-order chi connectivity index (χ1) is 9.62. The largest absolute Gasteiger partial charge is 0.352 e. The molecule has 1 saturated heterocycles. The molecule has 21 heavy (non-hydrogen) atoms. The molecule has 3 rings (SSSR count). The Labute approximate surface area is 140 Å². The van der Waals surface area contributed by atoms with Crippen molar-refractivity contribution < 1.29 is 4.79 Å². The van der Waals surface area contributed by atoms with Crippen molar-refractivity contribution in [1.29, 1.82) is 0 Å². The molecular weight excluding hydrogens is 352 g/mol. The van der Waals surface area contributed by atoms with E-state index in [-0.39, 0.29) is 23.7 Å². The van der Waals surface area contributed by atoms with E-state index in [1.807, 2.05) is 12.1 Å². The summed E-state index contributed by atoms with van der Waals surface area (Å²) in [7, 11) is 0. The summed E-state index contributed by atoms with van der Waals surface area (Å²) < 4.78 is 1.06. The summed E-state index contributed by atoms with van der Waals surface area (Å²) in [4.78, 5) is 12.7. The van der Waals surface area contributed by atoms with Gasteiger partial charge in [0, 0.05) is 10.5 Å². The quantitative estimate of drug-likeness (QED) is 0.855. The van der Waals surface area contributed by atoms with Crippen molar-refractivity contribution in [3.05, 3.63) is 34.3 Å². The summed E-state index contributed by atoms with van der Waals surface area (Å²) in [6.07, 6.45) is 2.98. The summed E-state index contributed by atoms with van der Waals surface area (Å²) in [5.74, 6) is 0.729. The van der Waals surface area contributed by atoms with Crippen molar-refractivity contribution in [3.8, 4) is 0 Å². The second-order valence-electron chi connectivity index (χ2n) is 6.14. The molecule has 116 valence electrons. The van der Waals surface area contributed by atoms with Crippen molar-refractivity contribution >= 4 is 34.2 Å². The zero-order chi connectivity index (χ0) is 14.2. The van der Waals surface area contributed by atoms with E-state index in [2.05, 4.69) is 45.6 Å². The highest BCUT2D eigenvalue weighted by Crippen LogP contribution is 2.48. The van der Waals surface area contributed by atoms with E-state index in [0.29, 0.717) is 12.0 Å². The molecular formula is C16H22BrClN2O. The summed E-state index contributed by atoms with van der Waals surface area (Å²) in [5, 5.41) is 6.67. The van der Waals surface area contributed by atoms with E-state index >= 15 is 0 Å². The predicted octanol–water partition coefficient (Wildman–Crippen LogP) is 3.02. The number of amides is 1. The third kappa shape index (κ3) is 3.43. The smallest absolute Gasteiger partial charge is 0.230 e. The number of piperidine rings is 1. The van der Waals surface area contributed by atoms with E-state index in [1.165, 1.54) is 0 Å². The Bertz CT molecular complexity index is 502. The monoisotopic (exact) mass is 372 g/mol. The fourth-order valence-electron chi connectivity index (χ4n) is 3.08. The maximum Gasteiger partial charge on any atom is 0.230 e. The number of rotatable bonds is 3. The van der Waals surface area contributed by atoms with E-state index in [4.69, 9.17) is 0 Å². The number of hydrogen-bond donors (Lipinski definition) is 2. The van der Waals surface area contributed by atoms with Crippen LogP contribution in [0.3, 0.4) is 0 Å². The minimum atomic E-state index is -0.259. The topological polar surface area (TPSA) is 41.1 Å². The van der Waals surface area contributed by atoms with Gasteiger partial charge in [-0.25, -0.2) is 0 Å². The lowest BCUT2D eigenvalue weighted by Crippen LogP contribution is -2.50. The second kappa shape index (κ2) is 6.67. The standard InChI is InChI=1S/C16H21BrN2O.ClH/c1-11-10-18-9-6-14(11)19-15(20)16(7-8-16)12-2-4-13(17)5-3-12;/h2-5,11,14,18H,6-10H2,1H3,(H,19,20);1H. The average molecular weight is 374 g/mol. The second-order valence-corrected chi connectivity index (χ2v) is 7.05. The van der Waals surface area contributed by atoms with Crippen LogP contribution in [0.4, 0.5) is 0 Å². The molecule has 1 amide bonds. The molecule has 3 nitrogen and oxygen atoms in total. The van der Waals surface area contributed by atoms with Crippen LogP contribution in [0, 0.1) is 5.92 Å². The first kappa shape index (κ1) is 16.8. The maximum atomic E-state index is 12.7. The Morgan fingerprint density at radius 1 is 1.33 bits per heavy atom. The van der Waals surface area contributed by atoms with Gasteiger partial charge < -0.3 is 10.6 Å². The molecule has 1 aliphatic heterocycles. The predicted molar refractivity (Wildman–Crippen MR) is 90.9 cm³/mol. The molecule has 0 spiro atoms. The molecule has 2 aliphatic rings. The lowest BCUT2D eigenvalue weighted by Gasteiger charge is -2.31. The highest BCUT2D eigenvalue weighted by atomic mass is 79.9. The lowest BCUT2D eigenvalue weighted by atomic mass is 9.91. The minimum Gasteiger partial charge on any atom is -0.352 e. The van der Waals surface area contributed by atoms with Gasteiger partial charge in [0.15, 0.2) is 0 Å². The van der Waals surface area contributed by atoms with Gasteiger partial charge in [-0.1, -0.05) is 35.0 Å². The molecule has 2 N–H and O–H groups in total. The number of benzene rings is 1. The maximum absolute atomic E-state index is 12.7. The van der Waals surface area contributed by atoms with Gasteiger partial charge in [-0.3, -0.25) is 4.79 Å². The number of hydrogen-bond acceptors (Lipinski definition) is 2. The fraction of sp³-hybridized carbons (Fsp3) is 0.562. The molecule has 0 radical (unpaired) electrons. The molecule has 2 fully saturated rings. The normalized spacial score (nSPS) is 26.6. The SMILES string of the molecule is CC1CNCCC1NC(=O)C1(c2ccc(Br)cc2)CC1.Cl. The summed E-state index contributed by atoms with van der Waals surface area (Å²) in [6, 6.07) is 8.51. The molecule has 1 heterocycles. The highest BCUT2D eigenvalue weighted by Gasteiger charge is 2.51. The molecule has 1 saturated carbocycles. The lowest BCUT2D eigenvalue weighted by molar-refractivity contribution is -0.124. The zero-order valence-corrected chi connectivity index (χ0v) is 14.6. The van der Waals surface area contributed by atoms with Crippen LogP contribution >= 0.6 is 28.3 Å². The number of halogens is 2. The molecule has 1 aromatic carbocycles. The first-order valence-corrected chi connectivity index (χ1v) is 8.19. The number of carbonyl (C=O) groups excluding carboxylic acids is 1. The van der Waals surface area contributed by atoms with Crippen molar-refractivity contribution in [1.82, 2.24) is 10.6 Å². The summed E-state index contributed by atoms with van der Waals surface area (Å²) >= 11 is 3.45. The Morgan fingerprint density at radius 3 is 2.57 bits per heavy atom. The van der Waals surface area contributed by atoms with Crippen molar-refractivity contribution in [2.24, 2.45) is 5.92 Å². The van der Waals surface area contributed by atoms with Gasteiger partial charge in [0.2, 0.25) is 5.91 Å². The highest BCUT2D eigenvalue weighted by molar-refractivity contribution is 9.10. The van der Waals surface area contributed by atoms with Crippen LogP contribution in [0.25, 0.3) is 0 Å². The van der Waals surface area contributed by atoms with Crippen molar-refractivity contribution in [2.45, 2.75) is 37.6 Å². The number of nitrogens with one attached hydrogen (secondary N) is 2.